The number of anilines is 1. The van der Waals surface area contributed by atoms with Gasteiger partial charge in [0.2, 0.25) is 5.91 Å². The summed E-state index contributed by atoms with van der Waals surface area (Å²) in [5.74, 6) is -1.96. The van der Waals surface area contributed by atoms with Crippen LogP contribution in [-0.4, -0.2) is 40.9 Å². The van der Waals surface area contributed by atoms with Crippen LogP contribution >= 0.6 is 23.4 Å². The second-order valence-electron chi connectivity index (χ2n) is 4.63. The number of rotatable bonds is 5. The van der Waals surface area contributed by atoms with Crippen LogP contribution < -0.4 is 4.90 Å². The fourth-order valence-corrected chi connectivity index (χ4v) is 2.94. The van der Waals surface area contributed by atoms with Crippen molar-refractivity contribution in [1.29, 1.82) is 0 Å². The molecule has 1 N–H and O–H groups in total. The lowest BCUT2D eigenvalue weighted by atomic mass is 10.3. The quantitative estimate of drug-likeness (QED) is 0.794. The number of halogens is 1. The summed E-state index contributed by atoms with van der Waals surface area (Å²) < 4.78 is 4.65. The van der Waals surface area contributed by atoms with Crippen molar-refractivity contribution in [2.45, 2.75) is 5.03 Å². The minimum absolute atomic E-state index is 0.0207. The molecule has 0 spiro atoms. The van der Waals surface area contributed by atoms with E-state index < -0.39 is 18.0 Å². The van der Waals surface area contributed by atoms with Gasteiger partial charge in [0.25, 0.3) is 0 Å². The van der Waals surface area contributed by atoms with Gasteiger partial charge >= 0.3 is 12.1 Å². The van der Waals surface area contributed by atoms with Gasteiger partial charge in [0, 0.05) is 11.2 Å². The van der Waals surface area contributed by atoms with Gasteiger partial charge in [-0.2, -0.15) is 0 Å². The van der Waals surface area contributed by atoms with Crippen molar-refractivity contribution in [3.05, 3.63) is 53.2 Å². The SMILES string of the molecule is COC(=O)N(C(=O)CSc1ncccc1C(=O)O)c1cccc(Cl)c1. The molecule has 0 saturated carbocycles. The summed E-state index contributed by atoms with van der Waals surface area (Å²) in [5, 5.41) is 9.67. The second-order valence-corrected chi connectivity index (χ2v) is 6.03. The first-order valence-electron chi connectivity index (χ1n) is 6.91. The molecule has 2 rings (SSSR count). The zero-order chi connectivity index (χ0) is 18.4. The van der Waals surface area contributed by atoms with Gasteiger partial charge in [-0.15, -0.1) is 0 Å². The number of aromatic nitrogens is 1. The van der Waals surface area contributed by atoms with Gasteiger partial charge in [0.1, 0.15) is 5.03 Å². The van der Waals surface area contributed by atoms with Crippen LogP contribution in [0.4, 0.5) is 10.5 Å². The van der Waals surface area contributed by atoms with E-state index >= 15 is 0 Å². The average molecular weight is 381 g/mol. The van der Waals surface area contributed by atoms with Crippen LogP contribution in [0.3, 0.4) is 0 Å². The van der Waals surface area contributed by atoms with Crippen molar-refractivity contribution >= 4 is 47.0 Å². The number of carbonyl (C=O) groups is 3. The highest BCUT2D eigenvalue weighted by molar-refractivity contribution is 8.00. The molecule has 0 aliphatic heterocycles. The molecule has 0 saturated heterocycles. The number of nitrogens with zero attached hydrogens (tertiary/aromatic N) is 2. The lowest BCUT2D eigenvalue weighted by Crippen LogP contribution is -2.38. The predicted octanol–water partition coefficient (Wildman–Crippen LogP) is 3.32. The van der Waals surface area contributed by atoms with E-state index in [-0.39, 0.29) is 22.0 Å². The van der Waals surface area contributed by atoms with Crippen LogP contribution in [0.25, 0.3) is 0 Å². The monoisotopic (exact) mass is 380 g/mol. The Labute approximate surface area is 152 Å². The molecular formula is C16H13ClN2O5S. The number of aromatic carboxylic acids is 1. The maximum atomic E-state index is 12.5. The average Bonchev–Trinajstić information content (AvgIpc) is 2.60. The Morgan fingerprint density at radius 1 is 1.28 bits per heavy atom. The number of pyridine rings is 1. The highest BCUT2D eigenvalue weighted by Gasteiger charge is 2.25. The molecule has 1 heterocycles. The normalized spacial score (nSPS) is 10.2. The second kappa shape index (κ2) is 8.50. The van der Waals surface area contributed by atoms with Crippen LogP contribution in [0.2, 0.25) is 5.02 Å². The molecule has 1 aromatic carbocycles. The minimum Gasteiger partial charge on any atom is -0.478 e. The van der Waals surface area contributed by atoms with E-state index in [1.54, 1.807) is 12.1 Å². The third-order valence-corrected chi connectivity index (χ3v) is 4.23. The third-order valence-electron chi connectivity index (χ3n) is 3.01. The van der Waals surface area contributed by atoms with Crippen molar-refractivity contribution in [3.63, 3.8) is 0 Å². The number of hydrogen-bond donors (Lipinski definition) is 1. The highest BCUT2D eigenvalue weighted by Crippen LogP contribution is 2.24. The molecule has 0 atom stereocenters. The molecule has 130 valence electrons. The summed E-state index contributed by atoms with van der Waals surface area (Å²) in [7, 11) is 1.15. The Morgan fingerprint density at radius 2 is 2.04 bits per heavy atom. The minimum atomic E-state index is -1.15. The summed E-state index contributed by atoms with van der Waals surface area (Å²) in [4.78, 5) is 40.4. The van der Waals surface area contributed by atoms with Crippen molar-refractivity contribution in [1.82, 2.24) is 4.98 Å². The molecule has 1 aromatic heterocycles. The highest BCUT2D eigenvalue weighted by atomic mass is 35.5. The number of amides is 2. The largest absolute Gasteiger partial charge is 0.478 e. The first-order chi connectivity index (χ1) is 11.9. The Hall–Kier alpha value is -2.58. The van der Waals surface area contributed by atoms with Gasteiger partial charge in [0.15, 0.2) is 0 Å². The Balaban J connectivity index is 2.21. The molecule has 0 fully saturated rings. The molecule has 7 nitrogen and oxygen atoms in total. The lowest BCUT2D eigenvalue weighted by molar-refractivity contribution is -0.115. The standard InChI is InChI=1S/C16H13ClN2O5S/c1-24-16(23)19(11-5-2-4-10(17)8-11)13(20)9-25-14-12(15(21)22)6-3-7-18-14/h2-8H,9H2,1H3,(H,21,22). The van der Waals surface area contributed by atoms with Crippen molar-refractivity contribution in [2.24, 2.45) is 0 Å². The smallest absolute Gasteiger partial charge is 0.420 e. The maximum absolute atomic E-state index is 12.5. The molecular weight excluding hydrogens is 368 g/mol. The molecule has 0 bridgehead atoms. The first-order valence-corrected chi connectivity index (χ1v) is 8.28. The number of methoxy groups -OCH3 is 1. The van der Waals surface area contributed by atoms with E-state index in [9.17, 15) is 14.4 Å². The van der Waals surface area contributed by atoms with E-state index in [1.165, 1.54) is 30.5 Å². The van der Waals surface area contributed by atoms with Crippen LogP contribution in [0, 0.1) is 0 Å². The van der Waals surface area contributed by atoms with Gasteiger partial charge in [-0.25, -0.2) is 19.5 Å². The zero-order valence-electron chi connectivity index (χ0n) is 13.0. The van der Waals surface area contributed by atoms with Crippen molar-refractivity contribution < 1.29 is 24.2 Å². The number of carboxylic acids is 1. The fourth-order valence-electron chi connectivity index (χ4n) is 1.92. The number of carbonyl (C=O) groups excluding carboxylic acids is 2. The van der Waals surface area contributed by atoms with E-state index in [1.807, 2.05) is 0 Å². The van der Waals surface area contributed by atoms with Gasteiger partial charge < -0.3 is 9.84 Å². The van der Waals surface area contributed by atoms with Crippen LogP contribution in [0.15, 0.2) is 47.6 Å². The molecule has 25 heavy (non-hydrogen) atoms. The molecule has 0 aliphatic carbocycles. The maximum Gasteiger partial charge on any atom is 0.420 e. The van der Waals surface area contributed by atoms with Crippen molar-refractivity contribution in [2.75, 3.05) is 17.8 Å². The Bertz CT molecular complexity index is 815. The summed E-state index contributed by atoms with van der Waals surface area (Å²) in [6, 6.07) is 9.06. The number of thioether (sulfide) groups is 1. The van der Waals surface area contributed by atoms with E-state index in [4.69, 9.17) is 16.7 Å². The van der Waals surface area contributed by atoms with Crippen LogP contribution in [0.1, 0.15) is 10.4 Å². The number of carboxylic acid groups (broad SMARTS) is 1. The van der Waals surface area contributed by atoms with Gasteiger partial charge in [-0.3, -0.25) is 4.79 Å². The summed E-state index contributed by atoms with van der Waals surface area (Å²) in [6.07, 6.45) is 0.557. The fraction of sp³-hybridized carbons (Fsp3) is 0.125. The topological polar surface area (TPSA) is 96.8 Å². The van der Waals surface area contributed by atoms with Crippen LogP contribution in [-0.2, 0) is 9.53 Å². The van der Waals surface area contributed by atoms with E-state index in [0.717, 1.165) is 23.8 Å². The number of imide groups is 1. The van der Waals surface area contributed by atoms with Gasteiger partial charge in [-0.05, 0) is 30.3 Å². The van der Waals surface area contributed by atoms with Crippen LogP contribution in [0.5, 0.6) is 0 Å². The lowest BCUT2D eigenvalue weighted by Gasteiger charge is -2.19. The molecule has 0 radical (unpaired) electrons. The summed E-state index contributed by atoms with van der Waals surface area (Å²) in [6.45, 7) is 0. The molecule has 9 heteroatoms. The van der Waals surface area contributed by atoms with E-state index in [0.29, 0.717) is 5.02 Å². The summed E-state index contributed by atoms with van der Waals surface area (Å²) >= 11 is 6.81. The van der Waals surface area contributed by atoms with E-state index in [2.05, 4.69) is 9.72 Å². The third kappa shape index (κ3) is 4.71. The molecule has 2 aromatic rings. The number of benzene rings is 1. The van der Waals surface area contributed by atoms with Crippen molar-refractivity contribution in [3.8, 4) is 0 Å². The van der Waals surface area contributed by atoms with Gasteiger partial charge in [-0.1, -0.05) is 29.4 Å². The molecule has 2 amide bonds. The summed E-state index contributed by atoms with van der Waals surface area (Å²) in [5.41, 5.74) is 0.233. The number of ether oxygens (including phenoxy) is 1. The van der Waals surface area contributed by atoms with Gasteiger partial charge in [0.05, 0.1) is 24.1 Å². The Morgan fingerprint density at radius 3 is 2.68 bits per heavy atom. The number of hydrogen-bond acceptors (Lipinski definition) is 6. The Kier molecular flexibility index (Phi) is 6.37. The predicted molar refractivity (Wildman–Crippen MR) is 93.3 cm³/mol. The first kappa shape index (κ1) is 18.8. The zero-order valence-corrected chi connectivity index (χ0v) is 14.6. The molecule has 0 unspecified atom stereocenters. The molecule has 0 aliphatic rings.